The third kappa shape index (κ3) is 2.36. The highest BCUT2D eigenvalue weighted by Crippen LogP contribution is 2.16. The molecule has 0 spiro atoms. The predicted octanol–water partition coefficient (Wildman–Crippen LogP) is 2.29. The van der Waals surface area contributed by atoms with E-state index in [0.29, 0.717) is 12.1 Å². The Hall–Kier alpha value is -1.77. The number of aryl methyl sites for hydroxylation is 1. The monoisotopic (exact) mass is 191 g/mol. The van der Waals surface area contributed by atoms with E-state index >= 15 is 0 Å². The smallest absolute Gasteiger partial charge is 0.335 e. The number of aromatic carboxylic acids is 1. The van der Waals surface area contributed by atoms with Crippen molar-refractivity contribution < 1.29 is 9.90 Å². The molecule has 0 amide bonds. The maximum Gasteiger partial charge on any atom is 0.335 e. The molecular weight excluding hydrogens is 178 g/mol. The molecule has 1 aromatic carbocycles. The fourth-order valence-corrected chi connectivity index (χ4v) is 1.18. The summed E-state index contributed by atoms with van der Waals surface area (Å²) in [6.07, 6.45) is 1.75. The minimum absolute atomic E-state index is 0.312. The van der Waals surface area contributed by atoms with Gasteiger partial charge in [-0.2, -0.15) is 0 Å². The molecule has 74 valence electrons. The van der Waals surface area contributed by atoms with Crippen LogP contribution in [0.25, 0.3) is 0 Å². The van der Waals surface area contributed by atoms with Crippen molar-refractivity contribution in [1.82, 2.24) is 0 Å². The van der Waals surface area contributed by atoms with E-state index < -0.39 is 5.97 Å². The molecule has 2 N–H and O–H groups in total. The third-order valence-corrected chi connectivity index (χ3v) is 1.91. The SMILES string of the molecule is C=CCNc1ccc(C(=O)O)cc1C. The fraction of sp³-hybridized carbons (Fsp3) is 0.182. The van der Waals surface area contributed by atoms with Crippen LogP contribution in [0.2, 0.25) is 0 Å². The Morgan fingerprint density at radius 2 is 2.36 bits per heavy atom. The minimum atomic E-state index is -0.900. The van der Waals surface area contributed by atoms with Crippen molar-refractivity contribution in [3.05, 3.63) is 42.0 Å². The van der Waals surface area contributed by atoms with E-state index in [1.54, 1.807) is 24.3 Å². The molecule has 0 atom stereocenters. The summed E-state index contributed by atoms with van der Waals surface area (Å²) in [6.45, 7) is 6.14. The molecule has 0 saturated carbocycles. The number of anilines is 1. The van der Waals surface area contributed by atoms with Gasteiger partial charge in [0.25, 0.3) is 0 Å². The zero-order chi connectivity index (χ0) is 10.6. The van der Waals surface area contributed by atoms with Gasteiger partial charge in [-0.25, -0.2) is 4.79 Å². The molecule has 0 radical (unpaired) electrons. The van der Waals surface area contributed by atoms with Gasteiger partial charge in [-0.3, -0.25) is 0 Å². The average molecular weight is 191 g/mol. The summed E-state index contributed by atoms with van der Waals surface area (Å²) >= 11 is 0. The lowest BCUT2D eigenvalue weighted by molar-refractivity contribution is 0.0697. The highest BCUT2D eigenvalue weighted by atomic mass is 16.4. The van der Waals surface area contributed by atoms with E-state index in [1.165, 1.54) is 0 Å². The van der Waals surface area contributed by atoms with Crippen molar-refractivity contribution in [2.45, 2.75) is 6.92 Å². The number of hydrogen-bond donors (Lipinski definition) is 2. The van der Waals surface area contributed by atoms with E-state index in [9.17, 15) is 4.79 Å². The minimum Gasteiger partial charge on any atom is -0.478 e. The summed E-state index contributed by atoms with van der Waals surface area (Å²) < 4.78 is 0. The molecule has 3 nitrogen and oxygen atoms in total. The van der Waals surface area contributed by atoms with Crippen molar-refractivity contribution in [3.63, 3.8) is 0 Å². The number of hydrogen-bond acceptors (Lipinski definition) is 2. The quantitative estimate of drug-likeness (QED) is 0.718. The second-order valence-corrected chi connectivity index (χ2v) is 3.00. The van der Waals surface area contributed by atoms with Crippen LogP contribution in [0.3, 0.4) is 0 Å². The van der Waals surface area contributed by atoms with E-state index in [2.05, 4.69) is 11.9 Å². The maximum atomic E-state index is 10.6. The van der Waals surface area contributed by atoms with Gasteiger partial charge in [0.05, 0.1) is 5.56 Å². The van der Waals surface area contributed by atoms with Gasteiger partial charge in [-0.1, -0.05) is 6.08 Å². The lowest BCUT2D eigenvalue weighted by Crippen LogP contribution is -2.02. The Balaban J connectivity index is 2.89. The molecule has 0 aliphatic carbocycles. The van der Waals surface area contributed by atoms with Gasteiger partial charge in [-0.05, 0) is 30.7 Å². The van der Waals surface area contributed by atoms with Crippen LogP contribution in [0.15, 0.2) is 30.9 Å². The Morgan fingerprint density at radius 3 is 2.86 bits per heavy atom. The maximum absolute atomic E-state index is 10.6. The summed E-state index contributed by atoms with van der Waals surface area (Å²) in [6, 6.07) is 5.00. The molecular formula is C11H13NO2. The first-order chi connectivity index (χ1) is 6.65. The lowest BCUT2D eigenvalue weighted by atomic mass is 10.1. The van der Waals surface area contributed by atoms with Gasteiger partial charge in [0.15, 0.2) is 0 Å². The second-order valence-electron chi connectivity index (χ2n) is 3.00. The van der Waals surface area contributed by atoms with Gasteiger partial charge < -0.3 is 10.4 Å². The molecule has 0 heterocycles. The highest BCUT2D eigenvalue weighted by molar-refractivity contribution is 5.88. The molecule has 0 aliphatic rings. The summed E-state index contributed by atoms with van der Waals surface area (Å²) in [4.78, 5) is 10.6. The Kier molecular flexibility index (Phi) is 3.29. The van der Waals surface area contributed by atoms with Crippen molar-refractivity contribution in [1.29, 1.82) is 0 Å². The molecule has 1 aromatic rings. The summed E-state index contributed by atoms with van der Waals surface area (Å²) in [5.41, 5.74) is 2.17. The molecule has 0 aromatic heterocycles. The van der Waals surface area contributed by atoms with Gasteiger partial charge in [0.1, 0.15) is 0 Å². The van der Waals surface area contributed by atoms with Crippen LogP contribution in [-0.4, -0.2) is 17.6 Å². The van der Waals surface area contributed by atoms with Crippen LogP contribution in [0.5, 0.6) is 0 Å². The van der Waals surface area contributed by atoms with E-state index in [1.807, 2.05) is 6.92 Å². The normalized spacial score (nSPS) is 9.50. The van der Waals surface area contributed by atoms with Gasteiger partial charge >= 0.3 is 5.97 Å². The van der Waals surface area contributed by atoms with Crippen LogP contribution in [-0.2, 0) is 0 Å². The number of carboxylic acids is 1. The zero-order valence-corrected chi connectivity index (χ0v) is 8.08. The van der Waals surface area contributed by atoms with E-state index in [4.69, 9.17) is 5.11 Å². The molecule has 1 rings (SSSR count). The number of rotatable bonds is 4. The molecule has 0 fully saturated rings. The topological polar surface area (TPSA) is 49.3 Å². The van der Waals surface area contributed by atoms with Crippen molar-refractivity contribution >= 4 is 11.7 Å². The van der Waals surface area contributed by atoms with Crippen molar-refractivity contribution in [2.24, 2.45) is 0 Å². The first-order valence-electron chi connectivity index (χ1n) is 4.34. The standard InChI is InChI=1S/C11H13NO2/c1-3-6-12-10-5-4-9(11(13)14)7-8(10)2/h3-5,7,12H,1,6H2,2H3,(H,13,14). The fourth-order valence-electron chi connectivity index (χ4n) is 1.18. The number of carboxylic acid groups (broad SMARTS) is 1. The molecule has 0 bridgehead atoms. The van der Waals surface area contributed by atoms with Crippen molar-refractivity contribution in [2.75, 3.05) is 11.9 Å². The summed E-state index contributed by atoms with van der Waals surface area (Å²) in [7, 11) is 0. The summed E-state index contributed by atoms with van der Waals surface area (Å²) in [5.74, 6) is -0.900. The first kappa shape index (κ1) is 10.3. The predicted molar refractivity (Wildman–Crippen MR) is 56.8 cm³/mol. The van der Waals surface area contributed by atoms with Crippen LogP contribution >= 0.6 is 0 Å². The highest BCUT2D eigenvalue weighted by Gasteiger charge is 2.04. The van der Waals surface area contributed by atoms with E-state index in [-0.39, 0.29) is 0 Å². The molecule has 3 heteroatoms. The largest absolute Gasteiger partial charge is 0.478 e. The average Bonchev–Trinajstić information content (AvgIpc) is 2.15. The van der Waals surface area contributed by atoms with Gasteiger partial charge in [0, 0.05) is 12.2 Å². The lowest BCUT2D eigenvalue weighted by Gasteiger charge is -2.07. The van der Waals surface area contributed by atoms with Crippen LogP contribution < -0.4 is 5.32 Å². The van der Waals surface area contributed by atoms with Crippen molar-refractivity contribution in [3.8, 4) is 0 Å². The second kappa shape index (κ2) is 4.46. The van der Waals surface area contributed by atoms with Crippen LogP contribution in [0.4, 0.5) is 5.69 Å². The molecule has 14 heavy (non-hydrogen) atoms. The number of benzene rings is 1. The first-order valence-corrected chi connectivity index (χ1v) is 4.34. The molecule has 0 saturated heterocycles. The van der Waals surface area contributed by atoms with Gasteiger partial charge in [0.2, 0.25) is 0 Å². The van der Waals surface area contributed by atoms with Crippen LogP contribution in [0.1, 0.15) is 15.9 Å². The third-order valence-electron chi connectivity index (χ3n) is 1.91. The van der Waals surface area contributed by atoms with Gasteiger partial charge in [-0.15, -0.1) is 6.58 Å². The Bertz CT molecular complexity index is 358. The zero-order valence-electron chi connectivity index (χ0n) is 8.08. The summed E-state index contributed by atoms with van der Waals surface area (Å²) in [5, 5.41) is 11.9. The number of carbonyl (C=O) groups is 1. The van der Waals surface area contributed by atoms with E-state index in [0.717, 1.165) is 11.3 Å². The van der Waals surface area contributed by atoms with Crippen LogP contribution in [0, 0.1) is 6.92 Å². The molecule has 0 unspecified atom stereocenters. The Morgan fingerprint density at radius 1 is 1.64 bits per heavy atom. The Labute approximate surface area is 83.1 Å². The molecule has 0 aliphatic heterocycles. The number of nitrogens with one attached hydrogen (secondary N) is 1.